The lowest BCUT2D eigenvalue weighted by Gasteiger charge is -2.30. The van der Waals surface area contributed by atoms with E-state index in [1.807, 2.05) is 13.8 Å². The van der Waals surface area contributed by atoms with Gasteiger partial charge in [-0.3, -0.25) is 4.79 Å². The average molecular weight is 214 g/mol. The van der Waals surface area contributed by atoms with Gasteiger partial charge in [-0.25, -0.2) is 10.4 Å². The topological polar surface area (TPSA) is 52.6 Å². The van der Waals surface area contributed by atoms with Gasteiger partial charge in [-0.15, -0.1) is 0 Å². The molecule has 4 nitrogen and oxygen atoms in total. The number of nitrogens with one attached hydrogen (secondary N) is 1. The minimum absolute atomic E-state index is 0.406. The second kappa shape index (κ2) is 6.08. The zero-order valence-electron chi connectivity index (χ0n) is 9.70. The maximum Gasteiger partial charge on any atom is 0.322 e. The van der Waals surface area contributed by atoms with Crippen molar-refractivity contribution in [1.82, 2.24) is 10.4 Å². The summed E-state index contributed by atoms with van der Waals surface area (Å²) in [6.07, 6.45) is 4.29. The summed E-state index contributed by atoms with van der Waals surface area (Å²) >= 11 is 0. The molecule has 0 saturated carbocycles. The molecule has 0 aromatic heterocycles. The van der Waals surface area contributed by atoms with Crippen molar-refractivity contribution in [2.45, 2.75) is 45.6 Å². The Bertz CT molecular complexity index is 201. The van der Waals surface area contributed by atoms with Gasteiger partial charge < -0.3 is 5.11 Å². The second-order valence-corrected chi connectivity index (χ2v) is 4.70. The fourth-order valence-corrected chi connectivity index (χ4v) is 1.92. The van der Waals surface area contributed by atoms with E-state index in [1.165, 1.54) is 19.3 Å². The predicted octanol–water partition coefficient (Wildman–Crippen LogP) is 1.48. The third-order valence-corrected chi connectivity index (χ3v) is 2.70. The molecule has 0 aromatic carbocycles. The SMILES string of the molecule is CC(C)C[C@H](NN1CCCCC1)C(=O)O. The molecule has 0 bridgehead atoms. The highest BCUT2D eigenvalue weighted by Gasteiger charge is 2.22. The molecule has 1 atom stereocenters. The van der Waals surface area contributed by atoms with Crippen molar-refractivity contribution >= 4 is 5.97 Å². The van der Waals surface area contributed by atoms with E-state index in [2.05, 4.69) is 10.4 Å². The van der Waals surface area contributed by atoms with Crippen molar-refractivity contribution in [2.24, 2.45) is 5.92 Å². The van der Waals surface area contributed by atoms with Crippen LogP contribution >= 0.6 is 0 Å². The van der Waals surface area contributed by atoms with Gasteiger partial charge in [0.2, 0.25) is 0 Å². The van der Waals surface area contributed by atoms with Gasteiger partial charge in [0, 0.05) is 13.1 Å². The van der Waals surface area contributed by atoms with E-state index in [4.69, 9.17) is 5.11 Å². The van der Waals surface area contributed by atoms with Crippen LogP contribution in [-0.2, 0) is 4.79 Å². The first-order chi connectivity index (χ1) is 7.09. The molecule has 1 rings (SSSR count). The Labute approximate surface area is 91.6 Å². The van der Waals surface area contributed by atoms with Crippen molar-refractivity contribution in [1.29, 1.82) is 0 Å². The Balaban J connectivity index is 2.38. The number of aliphatic carboxylic acids is 1. The third-order valence-electron chi connectivity index (χ3n) is 2.70. The van der Waals surface area contributed by atoms with Crippen LogP contribution in [-0.4, -0.2) is 35.2 Å². The van der Waals surface area contributed by atoms with Gasteiger partial charge in [-0.1, -0.05) is 20.3 Å². The molecule has 0 aromatic rings. The summed E-state index contributed by atoms with van der Waals surface area (Å²) in [6, 6.07) is -0.428. The van der Waals surface area contributed by atoms with Crippen LogP contribution in [0.2, 0.25) is 0 Å². The maximum absolute atomic E-state index is 11.0. The number of hydrogen-bond donors (Lipinski definition) is 2. The van der Waals surface area contributed by atoms with Gasteiger partial charge >= 0.3 is 5.97 Å². The van der Waals surface area contributed by atoms with Crippen LogP contribution in [0.3, 0.4) is 0 Å². The van der Waals surface area contributed by atoms with Gasteiger partial charge in [0.25, 0.3) is 0 Å². The zero-order valence-corrected chi connectivity index (χ0v) is 9.70. The van der Waals surface area contributed by atoms with Crippen molar-refractivity contribution in [3.8, 4) is 0 Å². The van der Waals surface area contributed by atoms with E-state index in [-0.39, 0.29) is 0 Å². The highest BCUT2D eigenvalue weighted by atomic mass is 16.4. The fraction of sp³-hybridized carbons (Fsp3) is 0.909. The minimum Gasteiger partial charge on any atom is -0.480 e. The molecule has 1 fully saturated rings. The van der Waals surface area contributed by atoms with E-state index in [9.17, 15) is 4.79 Å². The third kappa shape index (κ3) is 4.62. The lowest BCUT2D eigenvalue weighted by molar-refractivity contribution is -0.141. The number of hydrogen-bond acceptors (Lipinski definition) is 3. The molecule has 0 spiro atoms. The molecule has 0 amide bonds. The first kappa shape index (κ1) is 12.5. The van der Waals surface area contributed by atoms with Crippen LogP contribution < -0.4 is 5.43 Å². The van der Waals surface area contributed by atoms with Gasteiger partial charge in [0.15, 0.2) is 0 Å². The summed E-state index contributed by atoms with van der Waals surface area (Å²) < 4.78 is 0. The van der Waals surface area contributed by atoms with Crippen molar-refractivity contribution < 1.29 is 9.90 Å². The molecule has 0 unspecified atom stereocenters. The van der Waals surface area contributed by atoms with Crippen LogP contribution in [0.5, 0.6) is 0 Å². The molecule has 1 saturated heterocycles. The minimum atomic E-state index is -0.741. The molecule has 0 radical (unpaired) electrons. The van der Waals surface area contributed by atoms with Crippen LogP contribution in [0.1, 0.15) is 39.5 Å². The van der Waals surface area contributed by atoms with Gasteiger partial charge in [0.05, 0.1) is 0 Å². The number of carboxylic acids is 1. The quantitative estimate of drug-likeness (QED) is 0.728. The molecule has 88 valence electrons. The Morgan fingerprint density at radius 3 is 2.40 bits per heavy atom. The Morgan fingerprint density at radius 1 is 1.33 bits per heavy atom. The number of carboxylic acid groups (broad SMARTS) is 1. The van der Waals surface area contributed by atoms with Crippen molar-refractivity contribution in [3.63, 3.8) is 0 Å². The lowest BCUT2D eigenvalue weighted by atomic mass is 10.0. The highest BCUT2D eigenvalue weighted by molar-refractivity contribution is 5.73. The molecule has 0 aliphatic carbocycles. The molecule has 2 N–H and O–H groups in total. The summed E-state index contributed by atoms with van der Waals surface area (Å²) in [6.45, 7) is 6.05. The summed E-state index contributed by atoms with van der Waals surface area (Å²) in [5, 5.41) is 11.1. The van der Waals surface area contributed by atoms with Gasteiger partial charge in [-0.05, 0) is 25.2 Å². The van der Waals surface area contributed by atoms with Crippen LogP contribution in [0.25, 0.3) is 0 Å². The monoisotopic (exact) mass is 214 g/mol. The molecule has 15 heavy (non-hydrogen) atoms. The molecule has 1 heterocycles. The molecule has 1 aliphatic rings. The van der Waals surface area contributed by atoms with E-state index in [0.29, 0.717) is 12.3 Å². The Hall–Kier alpha value is -0.610. The lowest BCUT2D eigenvalue weighted by Crippen LogP contribution is -2.50. The summed E-state index contributed by atoms with van der Waals surface area (Å²) in [5.74, 6) is -0.335. The molecule has 4 heteroatoms. The van der Waals surface area contributed by atoms with Crippen molar-refractivity contribution in [3.05, 3.63) is 0 Å². The van der Waals surface area contributed by atoms with Crippen molar-refractivity contribution in [2.75, 3.05) is 13.1 Å². The van der Waals surface area contributed by atoms with E-state index < -0.39 is 12.0 Å². The molecular weight excluding hydrogens is 192 g/mol. The summed E-state index contributed by atoms with van der Waals surface area (Å²) in [5.41, 5.74) is 3.12. The van der Waals surface area contributed by atoms with E-state index >= 15 is 0 Å². The number of carbonyl (C=O) groups is 1. The van der Waals surface area contributed by atoms with Crippen LogP contribution in [0.4, 0.5) is 0 Å². The standard InChI is InChI=1S/C11H22N2O2/c1-9(2)8-10(11(14)15)12-13-6-4-3-5-7-13/h9-10,12H,3-8H2,1-2H3,(H,14,15)/t10-/m0/s1. The van der Waals surface area contributed by atoms with Gasteiger partial charge in [0.1, 0.15) is 6.04 Å². The number of nitrogens with zero attached hydrogens (tertiary/aromatic N) is 1. The largest absolute Gasteiger partial charge is 0.480 e. The van der Waals surface area contributed by atoms with E-state index in [1.54, 1.807) is 0 Å². The Morgan fingerprint density at radius 2 is 1.93 bits per heavy atom. The molecule has 1 aliphatic heterocycles. The number of rotatable bonds is 5. The average Bonchev–Trinajstić information content (AvgIpc) is 2.17. The summed E-state index contributed by atoms with van der Waals surface area (Å²) in [7, 11) is 0. The fourth-order valence-electron chi connectivity index (χ4n) is 1.92. The first-order valence-electron chi connectivity index (χ1n) is 5.83. The highest BCUT2D eigenvalue weighted by Crippen LogP contribution is 2.10. The smallest absolute Gasteiger partial charge is 0.322 e. The first-order valence-corrected chi connectivity index (χ1v) is 5.83. The Kier molecular flexibility index (Phi) is 5.05. The number of hydrazine groups is 1. The second-order valence-electron chi connectivity index (χ2n) is 4.70. The maximum atomic E-state index is 11.0. The van der Waals surface area contributed by atoms with Crippen LogP contribution in [0.15, 0.2) is 0 Å². The normalized spacial score (nSPS) is 20.5. The van der Waals surface area contributed by atoms with Crippen LogP contribution in [0, 0.1) is 5.92 Å². The zero-order chi connectivity index (χ0) is 11.3. The summed E-state index contributed by atoms with van der Waals surface area (Å²) in [4.78, 5) is 11.0. The predicted molar refractivity (Wildman–Crippen MR) is 59.4 cm³/mol. The number of piperidine rings is 1. The van der Waals surface area contributed by atoms with E-state index in [0.717, 1.165) is 13.1 Å². The van der Waals surface area contributed by atoms with Gasteiger partial charge in [-0.2, -0.15) is 0 Å². The molecular formula is C11H22N2O2.